The average molecular weight is 472 g/mol. The molecule has 0 atom stereocenters. The van der Waals surface area contributed by atoms with Crippen LogP contribution in [0.3, 0.4) is 0 Å². The first-order chi connectivity index (χ1) is 15.1. The van der Waals surface area contributed by atoms with Gasteiger partial charge < -0.3 is 4.42 Å². The third-order valence-corrected chi connectivity index (χ3v) is 5.66. The van der Waals surface area contributed by atoms with E-state index in [1.165, 1.54) is 10.2 Å². The van der Waals surface area contributed by atoms with E-state index in [2.05, 4.69) is 40.1 Å². The Morgan fingerprint density at radius 2 is 1.87 bits per heavy atom. The van der Waals surface area contributed by atoms with Gasteiger partial charge in [0.15, 0.2) is 5.76 Å². The minimum Gasteiger partial charge on any atom is -0.453 e. The molecule has 0 aliphatic carbocycles. The quantitative estimate of drug-likeness (QED) is 0.301. The SMILES string of the molecule is CCc1ccc(C=Nn2c(-c3cc4cc(Br)ccc4o3)nc3ccccc3c2=O)cc1. The number of hydrogen-bond donors (Lipinski definition) is 0. The number of benzene rings is 3. The second kappa shape index (κ2) is 7.96. The summed E-state index contributed by atoms with van der Waals surface area (Å²) in [6, 6.07) is 23.0. The largest absolute Gasteiger partial charge is 0.453 e. The van der Waals surface area contributed by atoms with Gasteiger partial charge in [-0.2, -0.15) is 9.78 Å². The van der Waals surface area contributed by atoms with Gasteiger partial charge in [-0.05, 0) is 53.9 Å². The highest BCUT2D eigenvalue weighted by Crippen LogP contribution is 2.29. The van der Waals surface area contributed by atoms with Gasteiger partial charge in [-0.1, -0.05) is 59.3 Å². The van der Waals surface area contributed by atoms with Crippen LogP contribution in [0.1, 0.15) is 18.1 Å². The fraction of sp³-hybridized carbons (Fsp3) is 0.0800. The molecule has 0 aliphatic rings. The lowest BCUT2D eigenvalue weighted by Crippen LogP contribution is -2.20. The maximum atomic E-state index is 13.3. The van der Waals surface area contributed by atoms with Crippen molar-refractivity contribution in [3.05, 3.63) is 98.7 Å². The highest BCUT2D eigenvalue weighted by molar-refractivity contribution is 9.10. The van der Waals surface area contributed by atoms with Crippen LogP contribution in [0.2, 0.25) is 0 Å². The summed E-state index contributed by atoms with van der Waals surface area (Å²) in [6.07, 6.45) is 2.64. The maximum absolute atomic E-state index is 13.3. The number of fused-ring (bicyclic) bond motifs is 2. The average Bonchev–Trinajstić information content (AvgIpc) is 3.22. The molecule has 31 heavy (non-hydrogen) atoms. The smallest absolute Gasteiger partial charge is 0.282 e. The monoisotopic (exact) mass is 471 g/mol. The third-order valence-electron chi connectivity index (χ3n) is 5.16. The van der Waals surface area contributed by atoms with Gasteiger partial charge in [0.25, 0.3) is 5.56 Å². The predicted octanol–water partition coefficient (Wildman–Crippen LogP) is 6.02. The zero-order chi connectivity index (χ0) is 21.4. The van der Waals surface area contributed by atoms with E-state index in [0.29, 0.717) is 28.1 Å². The molecule has 5 aromatic rings. The van der Waals surface area contributed by atoms with Crippen LogP contribution in [0.25, 0.3) is 33.5 Å². The van der Waals surface area contributed by atoms with Crippen LogP contribution < -0.4 is 5.56 Å². The van der Waals surface area contributed by atoms with Crippen molar-refractivity contribution in [3.63, 3.8) is 0 Å². The topological polar surface area (TPSA) is 60.4 Å². The van der Waals surface area contributed by atoms with Gasteiger partial charge >= 0.3 is 0 Å². The first-order valence-electron chi connectivity index (χ1n) is 9.97. The molecule has 2 aromatic heterocycles. The van der Waals surface area contributed by atoms with E-state index in [4.69, 9.17) is 9.40 Å². The molecule has 0 saturated heterocycles. The zero-order valence-corrected chi connectivity index (χ0v) is 18.3. The molecule has 6 heteroatoms. The molecule has 0 unspecified atom stereocenters. The van der Waals surface area contributed by atoms with Gasteiger partial charge in [0.1, 0.15) is 5.58 Å². The summed E-state index contributed by atoms with van der Waals surface area (Å²) >= 11 is 3.48. The van der Waals surface area contributed by atoms with E-state index in [1.807, 2.05) is 54.6 Å². The standard InChI is InChI=1S/C25H18BrN3O2/c1-2-16-7-9-17(10-8-16)15-27-29-24(28-21-6-4-3-5-20(21)25(29)30)23-14-18-13-19(26)11-12-22(18)31-23/h3-15H,2H2,1H3. The number of aromatic nitrogens is 2. The lowest BCUT2D eigenvalue weighted by Gasteiger charge is -2.07. The summed E-state index contributed by atoms with van der Waals surface area (Å²) < 4.78 is 8.28. The summed E-state index contributed by atoms with van der Waals surface area (Å²) in [4.78, 5) is 18.0. The Labute approximate surface area is 186 Å². The zero-order valence-electron chi connectivity index (χ0n) is 16.7. The molecule has 152 valence electrons. The Balaban J connectivity index is 1.70. The molecule has 0 bridgehead atoms. The number of halogens is 1. The Kier molecular flexibility index (Phi) is 5.00. The van der Waals surface area contributed by atoms with Crippen LogP contribution in [0, 0.1) is 0 Å². The van der Waals surface area contributed by atoms with E-state index in [-0.39, 0.29) is 5.56 Å². The molecule has 0 saturated carbocycles. The number of aryl methyl sites for hydroxylation is 1. The second-order valence-electron chi connectivity index (χ2n) is 7.20. The van der Waals surface area contributed by atoms with Crippen molar-refractivity contribution in [2.24, 2.45) is 5.10 Å². The van der Waals surface area contributed by atoms with Crippen LogP contribution in [0.5, 0.6) is 0 Å². The van der Waals surface area contributed by atoms with Crippen molar-refractivity contribution in [1.29, 1.82) is 0 Å². The van der Waals surface area contributed by atoms with E-state index in [1.54, 1.807) is 12.3 Å². The van der Waals surface area contributed by atoms with E-state index in [9.17, 15) is 4.79 Å². The van der Waals surface area contributed by atoms with Gasteiger partial charge in [-0.3, -0.25) is 4.79 Å². The summed E-state index contributed by atoms with van der Waals surface area (Å²) in [5, 5.41) is 5.91. The predicted molar refractivity (Wildman–Crippen MR) is 128 cm³/mol. The normalized spacial score (nSPS) is 11.7. The molecule has 0 radical (unpaired) electrons. The molecule has 0 N–H and O–H groups in total. The molecule has 5 rings (SSSR count). The van der Waals surface area contributed by atoms with E-state index in [0.717, 1.165) is 21.8 Å². The van der Waals surface area contributed by atoms with Gasteiger partial charge in [-0.25, -0.2) is 4.98 Å². The highest BCUT2D eigenvalue weighted by atomic mass is 79.9. The van der Waals surface area contributed by atoms with Gasteiger partial charge in [0, 0.05) is 9.86 Å². The molecule has 3 aromatic carbocycles. The number of hydrogen-bond acceptors (Lipinski definition) is 4. The molecule has 0 spiro atoms. The van der Waals surface area contributed by atoms with Crippen molar-refractivity contribution in [2.45, 2.75) is 13.3 Å². The molecule has 2 heterocycles. The minimum absolute atomic E-state index is 0.247. The Hall–Kier alpha value is -3.51. The van der Waals surface area contributed by atoms with Crippen molar-refractivity contribution in [3.8, 4) is 11.6 Å². The highest BCUT2D eigenvalue weighted by Gasteiger charge is 2.16. The van der Waals surface area contributed by atoms with Gasteiger partial charge in [-0.15, -0.1) is 0 Å². The summed E-state index contributed by atoms with van der Waals surface area (Å²) in [5.41, 5.74) is 3.21. The Morgan fingerprint density at radius 3 is 2.68 bits per heavy atom. The molecular formula is C25H18BrN3O2. The molecule has 0 fully saturated rings. The first kappa shape index (κ1) is 19.5. The second-order valence-corrected chi connectivity index (χ2v) is 8.12. The lowest BCUT2D eigenvalue weighted by molar-refractivity contribution is 0.616. The van der Waals surface area contributed by atoms with E-state index >= 15 is 0 Å². The van der Waals surface area contributed by atoms with Gasteiger partial charge in [0.2, 0.25) is 5.82 Å². The molecule has 0 aliphatic heterocycles. The minimum atomic E-state index is -0.247. The Morgan fingerprint density at radius 1 is 1.06 bits per heavy atom. The van der Waals surface area contributed by atoms with Crippen molar-refractivity contribution in [1.82, 2.24) is 9.66 Å². The summed E-state index contributed by atoms with van der Waals surface area (Å²) in [5.74, 6) is 0.840. The van der Waals surface area contributed by atoms with Crippen molar-refractivity contribution < 1.29 is 4.42 Å². The molecular weight excluding hydrogens is 454 g/mol. The Bertz CT molecular complexity index is 1500. The molecule has 5 nitrogen and oxygen atoms in total. The van der Waals surface area contributed by atoms with Crippen LogP contribution >= 0.6 is 15.9 Å². The van der Waals surface area contributed by atoms with Crippen LogP contribution in [0.15, 0.2) is 91.6 Å². The number of para-hydroxylation sites is 1. The van der Waals surface area contributed by atoms with Crippen LogP contribution in [-0.4, -0.2) is 15.9 Å². The van der Waals surface area contributed by atoms with Crippen LogP contribution in [0.4, 0.5) is 0 Å². The molecule has 0 amide bonds. The van der Waals surface area contributed by atoms with Crippen LogP contribution in [-0.2, 0) is 6.42 Å². The van der Waals surface area contributed by atoms with Crippen molar-refractivity contribution >= 4 is 44.0 Å². The van der Waals surface area contributed by atoms with E-state index < -0.39 is 0 Å². The maximum Gasteiger partial charge on any atom is 0.282 e. The van der Waals surface area contributed by atoms with Gasteiger partial charge in [0.05, 0.1) is 17.1 Å². The fourth-order valence-corrected chi connectivity index (χ4v) is 3.86. The fourth-order valence-electron chi connectivity index (χ4n) is 3.48. The van der Waals surface area contributed by atoms with Crippen molar-refractivity contribution in [2.75, 3.05) is 0 Å². The number of nitrogens with zero attached hydrogens (tertiary/aromatic N) is 3. The number of rotatable bonds is 4. The summed E-state index contributed by atoms with van der Waals surface area (Å²) in [7, 11) is 0. The lowest BCUT2D eigenvalue weighted by atomic mass is 10.1. The first-order valence-corrected chi connectivity index (χ1v) is 10.8. The summed E-state index contributed by atoms with van der Waals surface area (Å²) in [6.45, 7) is 2.11. The number of furan rings is 1. The third kappa shape index (κ3) is 3.70.